The molecule has 1 aromatic rings. The molecular weight excluding hydrogens is 342 g/mol. The number of benzene rings is 1. The van der Waals surface area contributed by atoms with Crippen LogP contribution in [0.1, 0.15) is 30.9 Å². The molecule has 138 valence electrons. The Morgan fingerprint density at radius 3 is 2.96 bits per heavy atom. The van der Waals surface area contributed by atoms with Crippen LogP contribution < -0.4 is 16.2 Å². The Morgan fingerprint density at radius 1 is 1.36 bits per heavy atom. The molecule has 2 saturated heterocycles. The lowest BCUT2D eigenvalue weighted by molar-refractivity contribution is -0.125. The van der Waals surface area contributed by atoms with Gasteiger partial charge in [0.1, 0.15) is 0 Å². The number of halogens is 1. The van der Waals surface area contributed by atoms with Crippen LogP contribution in [0.2, 0.25) is 5.02 Å². The fraction of sp³-hybridized carbons (Fsp3) is 0.611. The van der Waals surface area contributed by atoms with E-state index in [1.165, 1.54) is 0 Å². The first-order chi connectivity index (χ1) is 12.2. The van der Waals surface area contributed by atoms with Gasteiger partial charge in [-0.25, -0.2) is 5.43 Å². The van der Waals surface area contributed by atoms with E-state index in [0.29, 0.717) is 31.3 Å². The average Bonchev–Trinajstić information content (AvgIpc) is 3.30. The van der Waals surface area contributed by atoms with Gasteiger partial charge in [0.15, 0.2) is 0 Å². The number of rotatable bonds is 8. The van der Waals surface area contributed by atoms with Gasteiger partial charge in [0, 0.05) is 31.3 Å². The molecule has 0 aromatic heterocycles. The molecule has 25 heavy (non-hydrogen) atoms. The number of ether oxygens (including phenoxy) is 2. The first-order valence-corrected chi connectivity index (χ1v) is 9.33. The van der Waals surface area contributed by atoms with E-state index in [-0.39, 0.29) is 24.0 Å². The first kappa shape index (κ1) is 18.6. The number of hydrogen-bond acceptors (Lipinski definition) is 5. The van der Waals surface area contributed by atoms with Crippen molar-refractivity contribution < 1.29 is 14.3 Å². The van der Waals surface area contributed by atoms with Gasteiger partial charge in [0.05, 0.1) is 24.7 Å². The number of carbonyl (C=O) groups is 1. The van der Waals surface area contributed by atoms with Crippen LogP contribution in [0.5, 0.6) is 0 Å². The molecule has 3 N–H and O–H groups in total. The van der Waals surface area contributed by atoms with Crippen LogP contribution in [-0.2, 0) is 14.3 Å². The van der Waals surface area contributed by atoms with E-state index in [2.05, 4.69) is 16.2 Å². The summed E-state index contributed by atoms with van der Waals surface area (Å²) in [6, 6.07) is 7.54. The topological polar surface area (TPSA) is 71.6 Å². The molecule has 3 unspecified atom stereocenters. The quantitative estimate of drug-likeness (QED) is 0.611. The predicted octanol–water partition coefficient (Wildman–Crippen LogP) is 1.81. The summed E-state index contributed by atoms with van der Waals surface area (Å²) in [4.78, 5) is 12.5. The summed E-state index contributed by atoms with van der Waals surface area (Å²) < 4.78 is 11.1. The van der Waals surface area contributed by atoms with Gasteiger partial charge in [0.25, 0.3) is 0 Å². The zero-order valence-electron chi connectivity index (χ0n) is 14.3. The highest BCUT2D eigenvalue weighted by Crippen LogP contribution is 2.26. The Balaban J connectivity index is 1.36. The first-order valence-electron chi connectivity index (χ1n) is 8.95. The van der Waals surface area contributed by atoms with E-state index < -0.39 is 0 Å². The Bertz CT molecular complexity index is 549. The Morgan fingerprint density at radius 2 is 2.20 bits per heavy atom. The molecule has 2 heterocycles. The highest BCUT2D eigenvalue weighted by Gasteiger charge is 2.33. The molecule has 3 rings (SSSR count). The van der Waals surface area contributed by atoms with Crippen LogP contribution >= 0.6 is 11.6 Å². The zero-order valence-corrected chi connectivity index (χ0v) is 15.1. The number of hydrogen-bond donors (Lipinski definition) is 3. The molecule has 2 aliphatic rings. The summed E-state index contributed by atoms with van der Waals surface area (Å²) in [5, 5.41) is 3.70. The van der Waals surface area contributed by atoms with E-state index in [4.69, 9.17) is 21.1 Å². The molecular formula is C18H26ClN3O3. The van der Waals surface area contributed by atoms with E-state index in [1.807, 2.05) is 24.3 Å². The molecule has 6 nitrogen and oxygen atoms in total. The summed E-state index contributed by atoms with van der Waals surface area (Å²) in [6.45, 7) is 3.37. The molecule has 1 aromatic carbocycles. The zero-order chi connectivity index (χ0) is 17.5. The lowest BCUT2D eigenvalue weighted by atomic mass is 9.94. The summed E-state index contributed by atoms with van der Waals surface area (Å²) in [6.07, 6.45) is 3.27. The average molecular weight is 368 g/mol. The predicted molar refractivity (Wildman–Crippen MR) is 96.2 cm³/mol. The van der Waals surface area contributed by atoms with Crippen molar-refractivity contribution in [2.45, 2.75) is 31.4 Å². The van der Waals surface area contributed by atoms with Gasteiger partial charge < -0.3 is 14.8 Å². The van der Waals surface area contributed by atoms with Crippen molar-refractivity contribution in [1.82, 2.24) is 16.2 Å². The van der Waals surface area contributed by atoms with Crippen LogP contribution in [0.25, 0.3) is 0 Å². The van der Waals surface area contributed by atoms with E-state index in [1.54, 1.807) is 0 Å². The second-order valence-electron chi connectivity index (χ2n) is 6.52. The maximum absolute atomic E-state index is 12.5. The van der Waals surface area contributed by atoms with Gasteiger partial charge in [-0.3, -0.25) is 10.2 Å². The van der Waals surface area contributed by atoms with Gasteiger partial charge in [0.2, 0.25) is 5.91 Å². The van der Waals surface area contributed by atoms with Crippen molar-refractivity contribution in [2.24, 2.45) is 5.92 Å². The highest BCUT2D eigenvalue weighted by molar-refractivity contribution is 6.30. The summed E-state index contributed by atoms with van der Waals surface area (Å²) in [5.74, 6) is -0.0921. The minimum atomic E-state index is -0.144. The molecule has 0 spiro atoms. The van der Waals surface area contributed by atoms with Crippen molar-refractivity contribution in [1.29, 1.82) is 0 Å². The molecule has 0 saturated carbocycles. The number of amides is 1. The van der Waals surface area contributed by atoms with Gasteiger partial charge in [-0.15, -0.1) is 0 Å². The highest BCUT2D eigenvalue weighted by atomic mass is 35.5. The van der Waals surface area contributed by atoms with Crippen LogP contribution in [0, 0.1) is 5.92 Å². The van der Waals surface area contributed by atoms with E-state index in [0.717, 1.165) is 31.4 Å². The molecule has 0 aliphatic carbocycles. The van der Waals surface area contributed by atoms with E-state index >= 15 is 0 Å². The lowest BCUT2D eigenvalue weighted by Gasteiger charge is -2.18. The van der Waals surface area contributed by atoms with Crippen molar-refractivity contribution in [2.75, 3.05) is 32.9 Å². The molecule has 2 aliphatic heterocycles. The lowest BCUT2D eigenvalue weighted by Crippen LogP contribution is -2.36. The Hall–Kier alpha value is -1.18. The van der Waals surface area contributed by atoms with Crippen molar-refractivity contribution >= 4 is 17.5 Å². The normalized spacial score (nSPS) is 26.0. The second-order valence-corrected chi connectivity index (χ2v) is 6.95. The third-order valence-corrected chi connectivity index (χ3v) is 4.89. The third kappa shape index (κ3) is 5.39. The molecule has 3 atom stereocenters. The maximum atomic E-state index is 12.5. The second kappa shape index (κ2) is 9.50. The molecule has 7 heteroatoms. The summed E-state index contributed by atoms with van der Waals surface area (Å²) in [7, 11) is 0. The maximum Gasteiger partial charge on any atom is 0.226 e. The smallest absolute Gasteiger partial charge is 0.226 e. The summed E-state index contributed by atoms with van der Waals surface area (Å²) >= 11 is 5.93. The Labute approximate surface area is 153 Å². The molecule has 1 amide bonds. The van der Waals surface area contributed by atoms with Crippen molar-refractivity contribution in [3.05, 3.63) is 34.9 Å². The molecule has 2 fully saturated rings. The van der Waals surface area contributed by atoms with Gasteiger partial charge >= 0.3 is 0 Å². The monoisotopic (exact) mass is 367 g/mol. The third-order valence-electron chi connectivity index (χ3n) is 4.64. The van der Waals surface area contributed by atoms with Crippen LogP contribution in [-0.4, -0.2) is 44.9 Å². The van der Waals surface area contributed by atoms with Gasteiger partial charge in [-0.1, -0.05) is 23.7 Å². The van der Waals surface area contributed by atoms with Crippen molar-refractivity contribution in [3.8, 4) is 0 Å². The standard InChI is InChI=1S/C18H26ClN3O3/c19-14-6-4-13(5-7-14)17-16(11-21-22-17)18(23)20-8-2-9-24-12-15-3-1-10-25-15/h4-7,15-17,21-22H,1-3,8-12H2,(H,20,23). The van der Waals surface area contributed by atoms with E-state index in [9.17, 15) is 4.79 Å². The molecule has 0 radical (unpaired) electrons. The van der Waals surface area contributed by atoms with Gasteiger partial charge in [-0.05, 0) is 37.0 Å². The Kier molecular flexibility index (Phi) is 7.07. The number of carbonyl (C=O) groups excluding carboxylic acids is 1. The van der Waals surface area contributed by atoms with Crippen LogP contribution in [0.3, 0.4) is 0 Å². The fourth-order valence-corrected chi connectivity index (χ4v) is 3.36. The number of hydrazine groups is 1. The molecule has 0 bridgehead atoms. The minimum absolute atomic E-state index is 0.0481. The van der Waals surface area contributed by atoms with Crippen LogP contribution in [0.15, 0.2) is 24.3 Å². The van der Waals surface area contributed by atoms with Crippen molar-refractivity contribution in [3.63, 3.8) is 0 Å². The summed E-state index contributed by atoms with van der Waals surface area (Å²) in [5.41, 5.74) is 7.30. The number of nitrogens with one attached hydrogen (secondary N) is 3. The SMILES string of the molecule is O=C(NCCCOCC1CCCO1)C1CNNC1c1ccc(Cl)cc1. The minimum Gasteiger partial charge on any atom is -0.379 e. The largest absolute Gasteiger partial charge is 0.379 e. The van der Waals surface area contributed by atoms with Crippen LogP contribution in [0.4, 0.5) is 0 Å². The fourth-order valence-electron chi connectivity index (χ4n) is 3.23. The van der Waals surface area contributed by atoms with Gasteiger partial charge in [-0.2, -0.15) is 0 Å².